The minimum atomic E-state index is 0.210. The Hall–Kier alpha value is -1.36. The zero-order chi connectivity index (χ0) is 13.9. The molecule has 0 radical (unpaired) electrons. The van der Waals surface area contributed by atoms with Crippen LogP contribution in [0, 0.1) is 25.2 Å². The Morgan fingerprint density at radius 2 is 1.72 bits per heavy atom. The number of hydrogen-bond donors (Lipinski definition) is 3. The van der Waals surface area contributed by atoms with E-state index in [1.165, 1.54) is 0 Å². The fraction of sp³-hybridized carbons (Fsp3) is 0.692. The molecule has 1 rings (SSSR count). The molecule has 0 saturated heterocycles. The number of nitrogens with two attached hydrogens (primary N) is 1. The molecule has 0 aliphatic carbocycles. The highest BCUT2D eigenvalue weighted by atomic mass is 15.3. The standard InChI is InChI=1S/C13H25N5/c1-8(2)13(5,6)7-15-11-9(3)12(18-14)17-10(4)16-11/h8H,7,14H2,1-6H3,(H2,15,16,17,18). The van der Waals surface area contributed by atoms with Gasteiger partial charge in [-0.15, -0.1) is 0 Å². The third-order valence-corrected chi connectivity index (χ3v) is 3.67. The van der Waals surface area contributed by atoms with Crippen molar-refractivity contribution in [3.05, 3.63) is 11.4 Å². The van der Waals surface area contributed by atoms with Crippen molar-refractivity contribution in [2.24, 2.45) is 17.2 Å². The highest BCUT2D eigenvalue weighted by Gasteiger charge is 2.22. The second kappa shape index (κ2) is 5.52. The first-order valence-electron chi connectivity index (χ1n) is 6.33. The second-order valence-corrected chi connectivity index (χ2v) is 5.73. The van der Waals surface area contributed by atoms with E-state index in [4.69, 9.17) is 5.84 Å². The van der Waals surface area contributed by atoms with E-state index in [1.54, 1.807) is 0 Å². The van der Waals surface area contributed by atoms with Crippen molar-refractivity contribution in [3.8, 4) is 0 Å². The molecule has 0 aliphatic heterocycles. The van der Waals surface area contributed by atoms with Crippen molar-refractivity contribution in [3.63, 3.8) is 0 Å². The number of anilines is 2. The van der Waals surface area contributed by atoms with E-state index in [2.05, 4.69) is 48.4 Å². The van der Waals surface area contributed by atoms with Crippen LogP contribution < -0.4 is 16.6 Å². The first kappa shape index (κ1) is 14.7. The predicted molar refractivity (Wildman–Crippen MR) is 76.4 cm³/mol. The largest absolute Gasteiger partial charge is 0.369 e. The molecule has 0 spiro atoms. The van der Waals surface area contributed by atoms with Crippen LogP contribution in [0.4, 0.5) is 11.6 Å². The third-order valence-electron chi connectivity index (χ3n) is 3.67. The average Bonchev–Trinajstić information content (AvgIpc) is 2.29. The van der Waals surface area contributed by atoms with Gasteiger partial charge < -0.3 is 10.7 Å². The van der Waals surface area contributed by atoms with Crippen LogP contribution in [0.3, 0.4) is 0 Å². The minimum absolute atomic E-state index is 0.210. The normalized spacial score (nSPS) is 11.8. The molecule has 0 fully saturated rings. The van der Waals surface area contributed by atoms with Crippen LogP contribution in [0.5, 0.6) is 0 Å². The Morgan fingerprint density at radius 1 is 1.17 bits per heavy atom. The van der Waals surface area contributed by atoms with Crippen molar-refractivity contribution >= 4 is 11.6 Å². The van der Waals surface area contributed by atoms with E-state index in [-0.39, 0.29) is 5.41 Å². The highest BCUT2D eigenvalue weighted by molar-refractivity contribution is 5.56. The van der Waals surface area contributed by atoms with Crippen LogP contribution in [0.15, 0.2) is 0 Å². The molecule has 0 unspecified atom stereocenters. The Morgan fingerprint density at radius 3 is 2.22 bits per heavy atom. The molecule has 1 aromatic rings. The maximum Gasteiger partial charge on any atom is 0.148 e. The Balaban J connectivity index is 2.89. The summed E-state index contributed by atoms with van der Waals surface area (Å²) in [5.41, 5.74) is 3.76. The van der Waals surface area contributed by atoms with Gasteiger partial charge in [-0.05, 0) is 25.2 Å². The summed E-state index contributed by atoms with van der Waals surface area (Å²) in [6, 6.07) is 0. The first-order chi connectivity index (χ1) is 8.27. The van der Waals surface area contributed by atoms with Crippen LogP contribution in [0.25, 0.3) is 0 Å². The van der Waals surface area contributed by atoms with Gasteiger partial charge >= 0.3 is 0 Å². The lowest BCUT2D eigenvalue weighted by atomic mass is 9.81. The second-order valence-electron chi connectivity index (χ2n) is 5.73. The lowest BCUT2D eigenvalue weighted by molar-refractivity contribution is 0.269. The maximum absolute atomic E-state index is 5.45. The van der Waals surface area contributed by atoms with Gasteiger partial charge in [-0.1, -0.05) is 27.7 Å². The summed E-state index contributed by atoms with van der Waals surface area (Å²) < 4.78 is 0. The molecule has 18 heavy (non-hydrogen) atoms. The highest BCUT2D eigenvalue weighted by Crippen LogP contribution is 2.27. The molecule has 5 heteroatoms. The molecule has 102 valence electrons. The number of aryl methyl sites for hydroxylation is 1. The van der Waals surface area contributed by atoms with Gasteiger partial charge in [0.2, 0.25) is 0 Å². The number of nitrogens with one attached hydrogen (secondary N) is 2. The fourth-order valence-electron chi connectivity index (χ4n) is 1.46. The summed E-state index contributed by atoms with van der Waals surface area (Å²) in [5, 5.41) is 3.40. The molecule has 5 nitrogen and oxygen atoms in total. The van der Waals surface area contributed by atoms with Crippen molar-refractivity contribution in [2.45, 2.75) is 41.5 Å². The number of hydrazine groups is 1. The lowest BCUT2D eigenvalue weighted by Crippen LogP contribution is -2.29. The van der Waals surface area contributed by atoms with Gasteiger partial charge in [-0.25, -0.2) is 15.8 Å². The summed E-state index contributed by atoms with van der Waals surface area (Å²) in [6.45, 7) is 13.6. The molecule has 0 aromatic carbocycles. The van der Waals surface area contributed by atoms with Gasteiger partial charge in [-0.3, -0.25) is 0 Å². The minimum Gasteiger partial charge on any atom is -0.369 e. The van der Waals surface area contributed by atoms with E-state index in [9.17, 15) is 0 Å². The first-order valence-corrected chi connectivity index (χ1v) is 6.33. The molecule has 0 bridgehead atoms. The maximum atomic E-state index is 5.45. The molecule has 0 atom stereocenters. The van der Waals surface area contributed by atoms with Crippen LogP contribution in [-0.2, 0) is 0 Å². The van der Waals surface area contributed by atoms with Crippen LogP contribution in [0.1, 0.15) is 39.1 Å². The number of hydrogen-bond acceptors (Lipinski definition) is 5. The predicted octanol–water partition coefficient (Wildman–Crippen LogP) is 2.47. The van der Waals surface area contributed by atoms with E-state index in [0.29, 0.717) is 17.6 Å². The van der Waals surface area contributed by atoms with Crippen molar-refractivity contribution in [2.75, 3.05) is 17.3 Å². The Bertz CT molecular complexity index is 412. The third kappa shape index (κ3) is 3.32. The van der Waals surface area contributed by atoms with E-state index in [0.717, 1.165) is 17.9 Å². The number of nitrogen functional groups attached to an aromatic ring is 1. The zero-order valence-corrected chi connectivity index (χ0v) is 12.3. The number of nitrogens with zero attached hydrogens (tertiary/aromatic N) is 2. The van der Waals surface area contributed by atoms with Gasteiger partial charge in [0.15, 0.2) is 0 Å². The molecule has 0 aliphatic rings. The molecular formula is C13H25N5. The SMILES string of the molecule is Cc1nc(NN)c(C)c(NCC(C)(C)C(C)C)n1. The van der Waals surface area contributed by atoms with Crippen LogP contribution in [-0.4, -0.2) is 16.5 Å². The summed E-state index contributed by atoms with van der Waals surface area (Å²) in [5.74, 6) is 8.28. The van der Waals surface area contributed by atoms with Crippen molar-refractivity contribution in [1.29, 1.82) is 0 Å². The van der Waals surface area contributed by atoms with Gasteiger partial charge in [0.1, 0.15) is 17.5 Å². The molecule has 0 amide bonds. The summed E-state index contributed by atoms with van der Waals surface area (Å²) in [6.07, 6.45) is 0. The number of rotatable bonds is 5. The van der Waals surface area contributed by atoms with E-state index in [1.807, 2.05) is 13.8 Å². The van der Waals surface area contributed by atoms with Gasteiger partial charge in [0.05, 0.1) is 0 Å². The van der Waals surface area contributed by atoms with Crippen molar-refractivity contribution in [1.82, 2.24) is 9.97 Å². The monoisotopic (exact) mass is 251 g/mol. The fourth-order valence-corrected chi connectivity index (χ4v) is 1.46. The summed E-state index contributed by atoms with van der Waals surface area (Å²) in [4.78, 5) is 8.67. The molecule has 4 N–H and O–H groups in total. The summed E-state index contributed by atoms with van der Waals surface area (Å²) >= 11 is 0. The Kier molecular flexibility index (Phi) is 4.51. The number of aromatic nitrogens is 2. The molecular weight excluding hydrogens is 226 g/mol. The molecule has 0 saturated carbocycles. The van der Waals surface area contributed by atoms with E-state index < -0.39 is 0 Å². The average molecular weight is 251 g/mol. The van der Waals surface area contributed by atoms with Crippen LogP contribution in [0.2, 0.25) is 0 Å². The molecule has 1 heterocycles. The smallest absolute Gasteiger partial charge is 0.148 e. The quantitative estimate of drug-likeness (QED) is 0.553. The van der Waals surface area contributed by atoms with E-state index >= 15 is 0 Å². The van der Waals surface area contributed by atoms with Gasteiger partial charge in [0.25, 0.3) is 0 Å². The summed E-state index contributed by atoms with van der Waals surface area (Å²) in [7, 11) is 0. The van der Waals surface area contributed by atoms with Crippen molar-refractivity contribution < 1.29 is 0 Å². The van der Waals surface area contributed by atoms with Crippen LogP contribution >= 0.6 is 0 Å². The zero-order valence-electron chi connectivity index (χ0n) is 12.3. The topological polar surface area (TPSA) is 75.9 Å². The molecule has 1 aromatic heterocycles. The Labute approximate surface area is 110 Å². The lowest BCUT2D eigenvalue weighted by Gasteiger charge is -2.30. The van der Waals surface area contributed by atoms with Gasteiger partial charge in [0, 0.05) is 12.1 Å². The van der Waals surface area contributed by atoms with Gasteiger partial charge in [-0.2, -0.15) is 0 Å².